The van der Waals surface area contributed by atoms with Crippen molar-refractivity contribution < 1.29 is 76.9 Å². The Balaban J connectivity index is 2.61. The Morgan fingerprint density at radius 1 is 0.508 bits per heavy atom. The van der Waals surface area contributed by atoms with E-state index in [4.69, 9.17) is 18.5 Å². The van der Waals surface area contributed by atoms with Gasteiger partial charge >= 0.3 is 27.6 Å². The number of rotatable bonds is 39. The summed E-state index contributed by atoms with van der Waals surface area (Å²) in [6, 6.07) is 0. The zero-order chi connectivity index (χ0) is 48.2. The van der Waals surface area contributed by atoms with Gasteiger partial charge in [0.05, 0.1) is 6.61 Å². The van der Waals surface area contributed by atoms with Crippen LogP contribution in [0.2, 0.25) is 0 Å². The van der Waals surface area contributed by atoms with Crippen molar-refractivity contribution in [3.05, 3.63) is 60.8 Å². The van der Waals surface area contributed by atoms with Crippen LogP contribution in [-0.2, 0) is 41.8 Å². The maximum Gasteiger partial charge on any atom is 0.472 e. The molecule has 376 valence electrons. The van der Waals surface area contributed by atoms with Crippen molar-refractivity contribution in [2.45, 2.75) is 211 Å². The second-order valence-corrected chi connectivity index (χ2v) is 19.0. The van der Waals surface area contributed by atoms with E-state index < -0.39 is 83.5 Å². The van der Waals surface area contributed by atoms with Crippen LogP contribution < -0.4 is 0 Å². The van der Waals surface area contributed by atoms with Crippen LogP contribution in [0.15, 0.2) is 60.8 Å². The van der Waals surface area contributed by atoms with Crippen molar-refractivity contribution in [3.63, 3.8) is 0 Å². The monoisotopic (exact) mass is 965 g/mol. The lowest BCUT2D eigenvalue weighted by Crippen LogP contribution is -2.64. The molecule has 1 aliphatic rings. The molecule has 0 aromatic rings. The fourth-order valence-corrected chi connectivity index (χ4v) is 8.43. The Hall–Kier alpha value is -2.30. The largest absolute Gasteiger partial charge is 0.472 e. The highest BCUT2D eigenvalue weighted by Crippen LogP contribution is 2.49. The first-order valence-electron chi connectivity index (χ1n) is 23.8. The van der Waals surface area contributed by atoms with E-state index in [9.17, 15) is 53.8 Å². The lowest BCUT2D eigenvalue weighted by Gasteiger charge is -2.43. The van der Waals surface area contributed by atoms with Gasteiger partial charge in [0.1, 0.15) is 43.2 Å². The predicted octanol–water partition coefficient (Wildman–Crippen LogP) is 9.06. The molecule has 0 bridgehead atoms. The summed E-state index contributed by atoms with van der Waals surface area (Å²) in [5.74, 6) is -1.24. The summed E-state index contributed by atoms with van der Waals surface area (Å²) < 4.78 is 49.4. The summed E-state index contributed by atoms with van der Waals surface area (Å²) in [5.41, 5.74) is 0. The molecule has 1 fully saturated rings. The van der Waals surface area contributed by atoms with E-state index in [2.05, 4.69) is 79.1 Å². The third kappa shape index (κ3) is 32.2. The predicted molar refractivity (Wildman–Crippen MR) is 250 cm³/mol. The maximum absolute atomic E-state index is 13.0. The first kappa shape index (κ1) is 60.7. The van der Waals surface area contributed by atoms with E-state index in [-0.39, 0.29) is 12.8 Å². The zero-order valence-electron chi connectivity index (χ0n) is 38.9. The molecule has 1 saturated carbocycles. The van der Waals surface area contributed by atoms with E-state index >= 15 is 0 Å². The van der Waals surface area contributed by atoms with Gasteiger partial charge < -0.3 is 44.6 Å². The fraction of sp³-hybridized carbons (Fsp3) is 0.745. The van der Waals surface area contributed by atoms with Crippen LogP contribution >= 0.6 is 15.6 Å². The number of aliphatic hydroxyl groups excluding tert-OH is 4. The third-order valence-electron chi connectivity index (χ3n) is 10.6. The van der Waals surface area contributed by atoms with Gasteiger partial charge in [0.2, 0.25) is 0 Å². The van der Waals surface area contributed by atoms with Gasteiger partial charge in [-0.2, -0.15) is 0 Å². The maximum atomic E-state index is 13.0. The average Bonchev–Trinajstić information content (AvgIpc) is 3.26. The summed E-state index contributed by atoms with van der Waals surface area (Å²) in [4.78, 5) is 54.3. The molecule has 65 heavy (non-hydrogen) atoms. The molecule has 18 heteroatoms. The molecular weight excluding hydrogens is 882 g/mol. The normalized spacial score (nSPS) is 22.2. The lowest BCUT2D eigenvalue weighted by molar-refractivity contribution is -0.216. The van der Waals surface area contributed by atoms with Crippen molar-refractivity contribution in [1.82, 2.24) is 0 Å². The Labute approximate surface area is 388 Å². The van der Waals surface area contributed by atoms with Crippen LogP contribution in [0.5, 0.6) is 0 Å². The number of ether oxygens (including phenoxy) is 2. The second-order valence-electron chi connectivity index (χ2n) is 16.4. The molecule has 0 radical (unpaired) electrons. The molecule has 1 rings (SSSR count). The van der Waals surface area contributed by atoms with Gasteiger partial charge in [-0.05, 0) is 77.0 Å². The second kappa shape index (κ2) is 37.7. The molecule has 0 saturated heterocycles. The van der Waals surface area contributed by atoms with Crippen LogP contribution in [0.3, 0.4) is 0 Å². The quantitative estimate of drug-likeness (QED) is 0.0131. The highest BCUT2D eigenvalue weighted by Gasteiger charge is 2.54. The number of phosphoric acid groups is 2. The van der Waals surface area contributed by atoms with Crippen LogP contribution in [0.25, 0.3) is 0 Å². The van der Waals surface area contributed by atoms with Crippen molar-refractivity contribution >= 4 is 27.6 Å². The molecule has 8 unspecified atom stereocenters. The minimum atomic E-state index is -5.37. The number of allylic oxidation sites excluding steroid dienone is 10. The van der Waals surface area contributed by atoms with E-state index in [0.29, 0.717) is 12.8 Å². The highest BCUT2D eigenvalue weighted by molar-refractivity contribution is 7.47. The van der Waals surface area contributed by atoms with Crippen LogP contribution in [-0.4, -0.2) is 103 Å². The summed E-state index contributed by atoms with van der Waals surface area (Å²) in [6.45, 7) is 2.96. The molecule has 8 atom stereocenters. The molecule has 1 aliphatic carbocycles. The number of aliphatic hydroxyl groups is 4. The first-order valence-corrected chi connectivity index (χ1v) is 26.9. The molecule has 0 heterocycles. The molecular formula is C47H82O16P2. The fourth-order valence-electron chi connectivity index (χ4n) is 6.89. The van der Waals surface area contributed by atoms with Gasteiger partial charge in [0, 0.05) is 12.8 Å². The van der Waals surface area contributed by atoms with Crippen molar-refractivity contribution in [3.8, 4) is 0 Å². The van der Waals surface area contributed by atoms with Gasteiger partial charge in [0.25, 0.3) is 0 Å². The number of esters is 2. The summed E-state index contributed by atoms with van der Waals surface area (Å²) >= 11 is 0. The Bertz CT molecular complexity index is 1490. The highest BCUT2D eigenvalue weighted by atomic mass is 31.2. The van der Waals surface area contributed by atoms with Gasteiger partial charge in [-0.25, -0.2) is 9.13 Å². The minimum Gasteiger partial charge on any atom is -0.462 e. The van der Waals surface area contributed by atoms with E-state index in [1.165, 1.54) is 25.7 Å². The Morgan fingerprint density at radius 3 is 1.45 bits per heavy atom. The summed E-state index contributed by atoms with van der Waals surface area (Å²) in [5, 5.41) is 41.2. The Morgan fingerprint density at radius 2 is 0.938 bits per heavy atom. The molecule has 0 aliphatic heterocycles. The Kier molecular flexibility index (Phi) is 35.2. The van der Waals surface area contributed by atoms with Gasteiger partial charge in [0.15, 0.2) is 6.10 Å². The standard InChI is InChI=1S/C47H82O16P2/c1-3-5-7-9-11-13-15-17-19-20-22-23-25-27-29-31-33-35-40(48)59-37-39(61-41(49)36-34-32-30-28-26-24-21-18-16-14-12-10-8-6-4-2)38-60-65(57,58)63-47-44(52)42(50)43(51)46(45(47)53)62-64(54,55)56/h5,7,11,13-14,16-17,19,22-23,39,42-47,50-53H,3-4,6,8-10,12,15,18,20-21,24-38H2,1-2H3,(H,57,58)(H2,54,55,56). The van der Waals surface area contributed by atoms with E-state index in [1.807, 2.05) is 0 Å². The number of unbranched alkanes of at least 4 members (excludes halogenated alkanes) is 15. The molecule has 7 N–H and O–H groups in total. The number of hydrogen-bond donors (Lipinski definition) is 7. The van der Waals surface area contributed by atoms with Crippen LogP contribution in [0, 0.1) is 0 Å². The van der Waals surface area contributed by atoms with Crippen molar-refractivity contribution in [1.29, 1.82) is 0 Å². The minimum absolute atomic E-state index is 0.0311. The summed E-state index contributed by atoms with van der Waals surface area (Å²) in [7, 11) is -10.7. The average molecular weight is 965 g/mol. The molecule has 0 amide bonds. The molecule has 0 aromatic carbocycles. The number of carbonyl (C=O) groups is 2. The van der Waals surface area contributed by atoms with Crippen LogP contribution in [0.1, 0.15) is 168 Å². The summed E-state index contributed by atoms with van der Waals surface area (Å²) in [6.07, 6.45) is 28.9. The van der Waals surface area contributed by atoms with Crippen molar-refractivity contribution in [2.75, 3.05) is 13.2 Å². The topological polar surface area (TPSA) is 256 Å². The lowest BCUT2D eigenvalue weighted by atomic mass is 9.85. The van der Waals surface area contributed by atoms with Gasteiger partial charge in [-0.1, -0.05) is 139 Å². The molecule has 0 spiro atoms. The molecule has 16 nitrogen and oxygen atoms in total. The molecule has 0 aromatic heterocycles. The smallest absolute Gasteiger partial charge is 0.462 e. The number of carbonyl (C=O) groups excluding carboxylic acids is 2. The van der Waals surface area contributed by atoms with Gasteiger partial charge in [-0.3, -0.25) is 23.2 Å². The van der Waals surface area contributed by atoms with Crippen molar-refractivity contribution in [2.24, 2.45) is 0 Å². The zero-order valence-corrected chi connectivity index (χ0v) is 40.7. The number of phosphoric ester groups is 2. The SMILES string of the molecule is CCC=CCC=CCC=CCC=CCCCCCCC(=O)OCC(COP(=O)(O)OC1C(O)C(O)C(O)C(OP(=O)(O)O)C1O)OC(=O)CCCCCCCCCC=CCCCCCC. The van der Waals surface area contributed by atoms with E-state index in [1.54, 1.807) is 0 Å². The third-order valence-corrected chi connectivity index (χ3v) is 12.1. The van der Waals surface area contributed by atoms with Crippen LogP contribution in [0.4, 0.5) is 0 Å². The van der Waals surface area contributed by atoms with E-state index in [0.717, 1.165) is 103 Å². The number of hydrogen-bond acceptors (Lipinski definition) is 13. The van der Waals surface area contributed by atoms with Gasteiger partial charge in [-0.15, -0.1) is 0 Å². The first-order chi connectivity index (χ1) is 31.1.